The zero-order valence-corrected chi connectivity index (χ0v) is 9.75. The molecule has 14 heavy (non-hydrogen) atoms. The molecule has 0 amide bonds. The topological polar surface area (TPSA) is 49.9 Å². The van der Waals surface area contributed by atoms with Gasteiger partial charge in [-0.15, -0.1) is 0 Å². The Bertz CT molecular complexity index is 270. The Kier molecular flexibility index (Phi) is 3.88. The summed E-state index contributed by atoms with van der Waals surface area (Å²) >= 11 is 0. The minimum absolute atomic E-state index is 0.0798. The van der Waals surface area contributed by atoms with Crippen molar-refractivity contribution in [1.29, 1.82) is 0 Å². The van der Waals surface area contributed by atoms with Crippen molar-refractivity contribution in [3.63, 3.8) is 0 Å². The number of hydrogen-bond acceptors (Lipinski definition) is 3. The molecule has 1 aliphatic heterocycles. The highest BCUT2D eigenvalue weighted by Crippen LogP contribution is 2.16. The maximum Gasteiger partial charge on any atom is 0.281 e. The van der Waals surface area contributed by atoms with Gasteiger partial charge in [-0.3, -0.25) is 0 Å². The van der Waals surface area contributed by atoms with E-state index in [9.17, 15) is 8.42 Å². The van der Waals surface area contributed by atoms with Crippen LogP contribution in [0.3, 0.4) is 0 Å². The van der Waals surface area contributed by atoms with Gasteiger partial charge >= 0.3 is 0 Å². The third-order valence-electron chi connectivity index (χ3n) is 2.53. The Morgan fingerprint density at radius 2 is 1.64 bits per heavy atom. The molecule has 0 bridgehead atoms. The maximum absolute atomic E-state index is 11.7. The van der Waals surface area contributed by atoms with Gasteiger partial charge in [-0.2, -0.15) is 17.0 Å². The lowest BCUT2D eigenvalue weighted by atomic mass is 10.1. The molecule has 0 unspecified atom stereocenters. The van der Waals surface area contributed by atoms with E-state index in [-0.39, 0.29) is 6.04 Å². The highest BCUT2D eigenvalue weighted by molar-refractivity contribution is 7.86. The van der Waals surface area contributed by atoms with E-state index >= 15 is 0 Å². The third kappa shape index (κ3) is 2.44. The van der Waals surface area contributed by atoms with Crippen molar-refractivity contribution in [1.82, 2.24) is 8.61 Å². The minimum Gasteiger partial charge on any atom is -0.381 e. The van der Waals surface area contributed by atoms with Crippen LogP contribution in [-0.4, -0.2) is 57.4 Å². The van der Waals surface area contributed by atoms with Crippen molar-refractivity contribution in [2.24, 2.45) is 0 Å². The fourth-order valence-corrected chi connectivity index (χ4v) is 2.60. The van der Waals surface area contributed by atoms with E-state index in [1.54, 1.807) is 21.1 Å². The van der Waals surface area contributed by atoms with Gasteiger partial charge in [-0.25, -0.2) is 0 Å². The van der Waals surface area contributed by atoms with Crippen LogP contribution in [0.4, 0.5) is 0 Å². The number of nitrogens with zero attached hydrogens (tertiary/aromatic N) is 2. The number of rotatable bonds is 3. The molecule has 0 saturated carbocycles. The van der Waals surface area contributed by atoms with Crippen LogP contribution in [0, 0.1) is 0 Å². The summed E-state index contributed by atoms with van der Waals surface area (Å²) in [6, 6.07) is 0.0798. The Morgan fingerprint density at radius 3 is 2.07 bits per heavy atom. The SMILES string of the molecule is CN(C)S(=O)(=O)N(C)C1CCOCC1. The van der Waals surface area contributed by atoms with Crippen LogP contribution in [0.2, 0.25) is 0 Å². The van der Waals surface area contributed by atoms with Crippen molar-refractivity contribution < 1.29 is 13.2 Å². The normalized spacial score (nSPS) is 20.6. The molecule has 1 fully saturated rings. The summed E-state index contributed by atoms with van der Waals surface area (Å²) in [5.41, 5.74) is 0. The standard InChI is InChI=1S/C8H18N2O3S/c1-9(2)14(11,12)10(3)8-4-6-13-7-5-8/h8H,4-7H2,1-3H3. The van der Waals surface area contributed by atoms with E-state index in [1.807, 2.05) is 0 Å². The Labute approximate surface area is 85.8 Å². The van der Waals surface area contributed by atoms with Gasteiger partial charge in [0.25, 0.3) is 10.2 Å². The van der Waals surface area contributed by atoms with Crippen LogP contribution < -0.4 is 0 Å². The van der Waals surface area contributed by atoms with Crippen molar-refractivity contribution in [3.05, 3.63) is 0 Å². The first-order chi connectivity index (χ1) is 6.46. The fourth-order valence-electron chi connectivity index (χ4n) is 1.49. The van der Waals surface area contributed by atoms with Gasteiger partial charge in [0.05, 0.1) is 0 Å². The van der Waals surface area contributed by atoms with Crippen LogP contribution in [0.25, 0.3) is 0 Å². The summed E-state index contributed by atoms with van der Waals surface area (Å²) in [5, 5.41) is 0. The molecule has 0 aromatic carbocycles. The van der Waals surface area contributed by atoms with Gasteiger partial charge in [0.1, 0.15) is 0 Å². The summed E-state index contributed by atoms with van der Waals surface area (Å²) in [7, 11) is 1.46. The van der Waals surface area contributed by atoms with Gasteiger partial charge in [0.15, 0.2) is 0 Å². The second-order valence-corrected chi connectivity index (χ2v) is 5.85. The van der Waals surface area contributed by atoms with E-state index in [0.29, 0.717) is 13.2 Å². The predicted octanol–water partition coefficient (Wildman–Crippen LogP) is -0.0964. The molecule has 0 aliphatic carbocycles. The molecule has 84 valence electrons. The van der Waals surface area contributed by atoms with Crippen LogP contribution in [0.5, 0.6) is 0 Å². The molecule has 0 N–H and O–H groups in total. The lowest BCUT2D eigenvalue weighted by Gasteiger charge is -2.31. The first kappa shape index (κ1) is 11.9. The predicted molar refractivity (Wildman–Crippen MR) is 54.2 cm³/mol. The molecule has 0 aromatic heterocycles. The third-order valence-corrected chi connectivity index (χ3v) is 4.48. The van der Waals surface area contributed by atoms with Crippen molar-refractivity contribution in [3.8, 4) is 0 Å². The van der Waals surface area contributed by atoms with Crippen LogP contribution in [0.15, 0.2) is 0 Å². The monoisotopic (exact) mass is 222 g/mol. The molecule has 6 heteroatoms. The van der Waals surface area contributed by atoms with E-state index in [4.69, 9.17) is 4.74 Å². The first-order valence-electron chi connectivity index (χ1n) is 4.69. The highest BCUT2D eigenvalue weighted by Gasteiger charge is 2.29. The summed E-state index contributed by atoms with van der Waals surface area (Å²) in [5.74, 6) is 0. The summed E-state index contributed by atoms with van der Waals surface area (Å²) in [4.78, 5) is 0. The summed E-state index contributed by atoms with van der Waals surface area (Å²) in [6.07, 6.45) is 1.56. The van der Waals surface area contributed by atoms with Crippen LogP contribution >= 0.6 is 0 Å². The Hall–Kier alpha value is -0.170. The Balaban J connectivity index is 2.68. The maximum atomic E-state index is 11.7. The van der Waals surface area contributed by atoms with E-state index in [0.717, 1.165) is 12.8 Å². The summed E-state index contributed by atoms with van der Waals surface area (Å²) < 4.78 is 31.3. The van der Waals surface area contributed by atoms with Gasteiger partial charge in [-0.1, -0.05) is 0 Å². The lowest BCUT2D eigenvalue weighted by Crippen LogP contribution is -2.45. The van der Waals surface area contributed by atoms with Gasteiger partial charge in [0.2, 0.25) is 0 Å². The molecule has 0 aromatic rings. The molecule has 1 aliphatic rings. The van der Waals surface area contributed by atoms with Crippen molar-refractivity contribution in [2.75, 3.05) is 34.4 Å². The van der Waals surface area contributed by atoms with Gasteiger partial charge < -0.3 is 4.74 Å². The lowest BCUT2D eigenvalue weighted by molar-refractivity contribution is 0.0622. The highest BCUT2D eigenvalue weighted by atomic mass is 32.2. The van der Waals surface area contributed by atoms with Crippen LogP contribution in [0.1, 0.15) is 12.8 Å². The largest absolute Gasteiger partial charge is 0.381 e. The molecule has 0 radical (unpaired) electrons. The molecule has 1 heterocycles. The second kappa shape index (κ2) is 4.57. The molecule has 1 saturated heterocycles. The van der Waals surface area contributed by atoms with Crippen molar-refractivity contribution >= 4 is 10.2 Å². The fraction of sp³-hybridized carbons (Fsp3) is 1.00. The average Bonchev–Trinajstić information content (AvgIpc) is 2.17. The molecular weight excluding hydrogens is 204 g/mol. The summed E-state index contributed by atoms with van der Waals surface area (Å²) in [6.45, 7) is 1.30. The minimum atomic E-state index is -3.27. The average molecular weight is 222 g/mol. The zero-order chi connectivity index (χ0) is 10.8. The van der Waals surface area contributed by atoms with Gasteiger partial charge in [-0.05, 0) is 12.8 Å². The smallest absolute Gasteiger partial charge is 0.281 e. The molecular formula is C8H18N2O3S. The first-order valence-corrected chi connectivity index (χ1v) is 6.09. The molecule has 0 spiro atoms. The second-order valence-electron chi connectivity index (χ2n) is 3.65. The molecule has 5 nitrogen and oxygen atoms in total. The Morgan fingerprint density at radius 1 is 1.14 bits per heavy atom. The van der Waals surface area contributed by atoms with Gasteiger partial charge in [0, 0.05) is 40.4 Å². The van der Waals surface area contributed by atoms with E-state index in [2.05, 4.69) is 0 Å². The van der Waals surface area contributed by atoms with E-state index in [1.165, 1.54) is 8.61 Å². The number of hydrogen-bond donors (Lipinski definition) is 0. The quantitative estimate of drug-likeness (QED) is 0.670. The zero-order valence-electron chi connectivity index (χ0n) is 8.93. The molecule has 0 atom stereocenters. The molecule has 1 rings (SSSR count). The van der Waals surface area contributed by atoms with Crippen LogP contribution in [-0.2, 0) is 14.9 Å². The number of ether oxygens (including phenoxy) is 1. The van der Waals surface area contributed by atoms with E-state index < -0.39 is 10.2 Å². The van der Waals surface area contributed by atoms with Crippen molar-refractivity contribution in [2.45, 2.75) is 18.9 Å².